The summed E-state index contributed by atoms with van der Waals surface area (Å²) in [6, 6.07) is 10.1. The number of nitrogens with one attached hydrogen (secondary N) is 1. The van der Waals surface area contributed by atoms with E-state index in [-0.39, 0.29) is 5.02 Å². The molecule has 124 valence electrons. The van der Waals surface area contributed by atoms with Crippen LogP contribution in [0.25, 0.3) is 11.3 Å². The molecule has 24 heavy (non-hydrogen) atoms. The van der Waals surface area contributed by atoms with Crippen molar-refractivity contribution in [1.82, 2.24) is 4.98 Å². The highest BCUT2D eigenvalue weighted by molar-refractivity contribution is 7.92. The molecule has 0 spiro atoms. The number of nitrogens with zero attached hydrogens (tertiary/aromatic N) is 1. The fourth-order valence-corrected chi connectivity index (χ4v) is 4.01. The highest BCUT2D eigenvalue weighted by atomic mass is 35.5. The number of anilines is 1. The van der Waals surface area contributed by atoms with Crippen LogP contribution in [0.3, 0.4) is 0 Å². The van der Waals surface area contributed by atoms with Gasteiger partial charge in [-0.25, -0.2) is 17.8 Å². The number of thiazole rings is 1. The van der Waals surface area contributed by atoms with Crippen LogP contribution in [0.4, 0.5) is 10.1 Å². The van der Waals surface area contributed by atoms with Gasteiger partial charge in [0.2, 0.25) is 0 Å². The molecule has 4 nitrogen and oxygen atoms in total. The molecular weight excluding hydrogens is 371 g/mol. The van der Waals surface area contributed by atoms with Crippen molar-refractivity contribution in [3.05, 3.63) is 63.7 Å². The average Bonchev–Trinajstić information content (AvgIpc) is 2.93. The SMILES string of the molecule is Cc1nc(-c2ccc(NS(=O)(=O)c3ccc(Cl)cc3F)cc2)cs1. The molecule has 0 aliphatic rings. The van der Waals surface area contributed by atoms with Crippen molar-refractivity contribution < 1.29 is 12.8 Å². The summed E-state index contributed by atoms with van der Waals surface area (Å²) in [4.78, 5) is 3.92. The molecule has 0 amide bonds. The van der Waals surface area contributed by atoms with Gasteiger partial charge in [-0.1, -0.05) is 23.7 Å². The molecule has 0 saturated carbocycles. The van der Waals surface area contributed by atoms with Crippen molar-refractivity contribution in [2.75, 3.05) is 4.72 Å². The van der Waals surface area contributed by atoms with Crippen LogP contribution in [0.1, 0.15) is 5.01 Å². The van der Waals surface area contributed by atoms with Crippen LogP contribution >= 0.6 is 22.9 Å². The van der Waals surface area contributed by atoms with Crippen molar-refractivity contribution in [1.29, 1.82) is 0 Å². The lowest BCUT2D eigenvalue weighted by molar-refractivity contribution is 0.570. The van der Waals surface area contributed by atoms with E-state index in [2.05, 4.69) is 9.71 Å². The average molecular weight is 383 g/mol. The number of aryl methyl sites for hydroxylation is 1. The van der Waals surface area contributed by atoms with Gasteiger partial charge in [-0.15, -0.1) is 11.3 Å². The molecule has 1 aromatic heterocycles. The van der Waals surface area contributed by atoms with Gasteiger partial charge in [0, 0.05) is 21.7 Å². The summed E-state index contributed by atoms with van der Waals surface area (Å²) in [5.41, 5.74) is 2.04. The maximum Gasteiger partial charge on any atom is 0.264 e. The van der Waals surface area contributed by atoms with E-state index in [1.165, 1.54) is 17.4 Å². The van der Waals surface area contributed by atoms with Gasteiger partial charge in [0.1, 0.15) is 10.7 Å². The Morgan fingerprint density at radius 1 is 1.17 bits per heavy atom. The van der Waals surface area contributed by atoms with Crippen LogP contribution < -0.4 is 4.72 Å². The van der Waals surface area contributed by atoms with Gasteiger partial charge in [0.25, 0.3) is 10.0 Å². The lowest BCUT2D eigenvalue weighted by Gasteiger charge is -2.09. The van der Waals surface area contributed by atoms with E-state index in [0.29, 0.717) is 5.69 Å². The molecule has 0 fully saturated rings. The monoisotopic (exact) mass is 382 g/mol. The smallest absolute Gasteiger partial charge is 0.264 e. The first-order valence-electron chi connectivity index (χ1n) is 6.85. The zero-order valence-electron chi connectivity index (χ0n) is 12.5. The molecule has 0 aliphatic heterocycles. The lowest BCUT2D eigenvalue weighted by atomic mass is 10.1. The summed E-state index contributed by atoms with van der Waals surface area (Å²) in [7, 11) is -4.03. The first-order valence-corrected chi connectivity index (χ1v) is 9.60. The fourth-order valence-electron chi connectivity index (χ4n) is 2.11. The molecule has 0 aliphatic carbocycles. The molecule has 0 radical (unpaired) electrons. The van der Waals surface area contributed by atoms with Crippen LogP contribution in [0.15, 0.2) is 52.7 Å². The normalized spacial score (nSPS) is 11.5. The van der Waals surface area contributed by atoms with Crippen LogP contribution in [0.5, 0.6) is 0 Å². The summed E-state index contributed by atoms with van der Waals surface area (Å²) in [6.45, 7) is 1.91. The summed E-state index contributed by atoms with van der Waals surface area (Å²) >= 11 is 7.18. The number of benzene rings is 2. The summed E-state index contributed by atoms with van der Waals surface area (Å²) < 4.78 is 40.8. The number of hydrogen-bond acceptors (Lipinski definition) is 4. The Hall–Kier alpha value is -1.96. The van der Waals surface area contributed by atoms with E-state index in [1.807, 2.05) is 12.3 Å². The van der Waals surface area contributed by atoms with Crippen molar-refractivity contribution in [2.24, 2.45) is 0 Å². The van der Waals surface area contributed by atoms with E-state index in [9.17, 15) is 12.8 Å². The Labute approximate surface area is 148 Å². The standard InChI is InChI=1S/C16H12ClFN2O2S2/c1-10-19-15(9-23-10)11-2-5-13(6-3-11)20-24(21,22)16-7-4-12(17)8-14(16)18/h2-9,20H,1H3. The molecule has 1 heterocycles. The second kappa shape index (κ2) is 6.51. The molecular formula is C16H12ClFN2O2S2. The zero-order valence-corrected chi connectivity index (χ0v) is 14.8. The van der Waals surface area contributed by atoms with Gasteiger partial charge in [-0.05, 0) is 37.3 Å². The van der Waals surface area contributed by atoms with E-state index >= 15 is 0 Å². The Balaban J connectivity index is 1.85. The van der Waals surface area contributed by atoms with Crippen LogP contribution in [-0.4, -0.2) is 13.4 Å². The van der Waals surface area contributed by atoms with Gasteiger partial charge in [0.05, 0.1) is 10.7 Å². The first-order chi connectivity index (χ1) is 11.3. The number of rotatable bonds is 4. The molecule has 1 N–H and O–H groups in total. The number of aromatic nitrogens is 1. The Morgan fingerprint density at radius 3 is 2.46 bits per heavy atom. The third-order valence-electron chi connectivity index (χ3n) is 3.24. The second-order valence-electron chi connectivity index (χ2n) is 5.01. The number of hydrogen-bond donors (Lipinski definition) is 1. The molecule has 8 heteroatoms. The molecule has 2 aromatic carbocycles. The first kappa shape index (κ1) is 16.9. The Bertz CT molecular complexity index is 986. The molecule has 0 bridgehead atoms. The minimum absolute atomic E-state index is 0.134. The quantitative estimate of drug-likeness (QED) is 0.710. The molecule has 0 saturated heterocycles. The predicted octanol–water partition coefficient (Wildman–Crippen LogP) is 4.71. The highest BCUT2D eigenvalue weighted by Gasteiger charge is 2.19. The number of sulfonamides is 1. The van der Waals surface area contributed by atoms with Gasteiger partial charge in [-0.2, -0.15) is 0 Å². The van der Waals surface area contributed by atoms with Crippen LogP contribution in [0.2, 0.25) is 5.02 Å². The molecule has 3 aromatic rings. The van der Waals surface area contributed by atoms with E-state index in [1.54, 1.807) is 24.3 Å². The zero-order chi connectivity index (χ0) is 17.3. The fraction of sp³-hybridized carbons (Fsp3) is 0.0625. The molecule has 0 unspecified atom stereocenters. The summed E-state index contributed by atoms with van der Waals surface area (Å²) in [5, 5.41) is 3.01. The third kappa shape index (κ3) is 3.58. The lowest BCUT2D eigenvalue weighted by Crippen LogP contribution is -2.14. The summed E-state index contributed by atoms with van der Waals surface area (Å²) in [5.74, 6) is -0.899. The second-order valence-corrected chi connectivity index (χ2v) is 8.16. The largest absolute Gasteiger partial charge is 0.280 e. The highest BCUT2D eigenvalue weighted by Crippen LogP contribution is 2.25. The minimum Gasteiger partial charge on any atom is -0.280 e. The van der Waals surface area contributed by atoms with Crippen molar-refractivity contribution >= 4 is 38.6 Å². The van der Waals surface area contributed by atoms with Crippen LogP contribution in [0, 0.1) is 12.7 Å². The van der Waals surface area contributed by atoms with Crippen molar-refractivity contribution in [3.63, 3.8) is 0 Å². The van der Waals surface area contributed by atoms with Gasteiger partial charge in [0.15, 0.2) is 0 Å². The maximum absolute atomic E-state index is 13.8. The minimum atomic E-state index is -4.03. The topological polar surface area (TPSA) is 59.1 Å². The van der Waals surface area contributed by atoms with E-state index in [0.717, 1.165) is 28.4 Å². The Morgan fingerprint density at radius 2 is 1.88 bits per heavy atom. The third-order valence-corrected chi connectivity index (χ3v) is 5.66. The van der Waals surface area contributed by atoms with Crippen LogP contribution in [-0.2, 0) is 10.0 Å². The molecule has 0 atom stereocenters. The summed E-state index contributed by atoms with van der Waals surface area (Å²) in [6.07, 6.45) is 0. The van der Waals surface area contributed by atoms with Crippen molar-refractivity contribution in [3.8, 4) is 11.3 Å². The van der Waals surface area contributed by atoms with Gasteiger partial charge in [-0.3, -0.25) is 4.72 Å². The van der Waals surface area contributed by atoms with Gasteiger partial charge >= 0.3 is 0 Å². The van der Waals surface area contributed by atoms with Crippen molar-refractivity contribution in [2.45, 2.75) is 11.8 Å². The molecule has 3 rings (SSSR count). The predicted molar refractivity (Wildman–Crippen MR) is 94.5 cm³/mol. The van der Waals surface area contributed by atoms with E-state index in [4.69, 9.17) is 11.6 Å². The van der Waals surface area contributed by atoms with Gasteiger partial charge < -0.3 is 0 Å². The number of halogens is 2. The Kier molecular flexibility index (Phi) is 4.58. The maximum atomic E-state index is 13.8. The van der Waals surface area contributed by atoms with E-state index < -0.39 is 20.7 Å².